The van der Waals surface area contributed by atoms with Crippen LogP contribution in [0.5, 0.6) is 0 Å². The molecule has 1 rings (SSSR count). The van der Waals surface area contributed by atoms with E-state index in [9.17, 15) is 26.4 Å². The molecule has 9 heteroatoms. The molecule has 23 heavy (non-hydrogen) atoms. The molecular formula is C14H17F3N2O3S. The first kappa shape index (κ1) is 19.2. The zero-order valence-electron chi connectivity index (χ0n) is 12.4. The molecule has 0 spiro atoms. The van der Waals surface area contributed by atoms with Gasteiger partial charge < -0.3 is 4.90 Å². The van der Waals surface area contributed by atoms with Gasteiger partial charge in [-0.3, -0.25) is 4.79 Å². The first-order valence-corrected chi connectivity index (χ1v) is 8.08. The molecule has 0 heterocycles. The van der Waals surface area contributed by atoms with Crippen molar-refractivity contribution in [1.82, 2.24) is 9.62 Å². The van der Waals surface area contributed by atoms with Crippen LogP contribution >= 0.6 is 0 Å². The molecule has 0 aliphatic heterocycles. The van der Waals surface area contributed by atoms with Crippen molar-refractivity contribution in [3.05, 3.63) is 42.5 Å². The Labute approximate surface area is 132 Å². The van der Waals surface area contributed by atoms with Crippen LogP contribution in [0.4, 0.5) is 13.2 Å². The molecule has 1 aromatic carbocycles. The predicted molar refractivity (Wildman–Crippen MR) is 79.5 cm³/mol. The van der Waals surface area contributed by atoms with Gasteiger partial charge >= 0.3 is 6.18 Å². The van der Waals surface area contributed by atoms with Gasteiger partial charge in [0.05, 0.1) is 11.3 Å². The number of benzene rings is 1. The Morgan fingerprint density at radius 2 is 2.04 bits per heavy atom. The minimum Gasteiger partial charge on any atom is -0.341 e. The van der Waals surface area contributed by atoms with E-state index in [0.717, 1.165) is 11.0 Å². The molecule has 0 aromatic heterocycles. The number of hydrogen-bond acceptors (Lipinski definition) is 3. The van der Waals surface area contributed by atoms with Crippen LogP contribution in [0.3, 0.4) is 0 Å². The highest BCUT2D eigenvalue weighted by Gasteiger charge is 2.28. The van der Waals surface area contributed by atoms with E-state index in [4.69, 9.17) is 0 Å². The van der Waals surface area contributed by atoms with Gasteiger partial charge in [-0.2, -0.15) is 13.2 Å². The first-order chi connectivity index (χ1) is 10.6. The fourth-order valence-electron chi connectivity index (χ4n) is 1.66. The van der Waals surface area contributed by atoms with Gasteiger partial charge in [0, 0.05) is 25.7 Å². The number of nitrogens with zero attached hydrogens (tertiary/aromatic N) is 1. The van der Waals surface area contributed by atoms with Gasteiger partial charge in [-0.1, -0.05) is 12.1 Å². The average molecular weight is 350 g/mol. The SMILES string of the molecule is C=CCNS(=O)(=O)c1cccc(C(=O)N(C)CCC(F)(F)F)c1. The molecule has 0 bridgehead atoms. The van der Waals surface area contributed by atoms with E-state index in [-0.39, 0.29) is 17.0 Å². The fraction of sp³-hybridized carbons (Fsp3) is 0.357. The summed E-state index contributed by atoms with van der Waals surface area (Å²) in [5.74, 6) is -0.685. The van der Waals surface area contributed by atoms with Gasteiger partial charge in [0.2, 0.25) is 10.0 Å². The highest BCUT2D eigenvalue weighted by Crippen LogP contribution is 2.20. The number of alkyl halides is 3. The van der Waals surface area contributed by atoms with Crippen molar-refractivity contribution in [2.45, 2.75) is 17.5 Å². The van der Waals surface area contributed by atoms with E-state index in [1.807, 2.05) is 0 Å². The summed E-state index contributed by atoms with van der Waals surface area (Å²) in [5.41, 5.74) is -0.00356. The normalized spacial score (nSPS) is 12.0. The maximum absolute atomic E-state index is 12.2. The van der Waals surface area contributed by atoms with Crippen molar-refractivity contribution in [3.63, 3.8) is 0 Å². The summed E-state index contributed by atoms with van der Waals surface area (Å²) in [6, 6.07) is 5.11. The van der Waals surface area contributed by atoms with E-state index in [0.29, 0.717) is 0 Å². The van der Waals surface area contributed by atoms with Crippen LogP contribution in [-0.4, -0.2) is 45.5 Å². The minimum absolute atomic E-state index is 0.00356. The van der Waals surface area contributed by atoms with Crippen molar-refractivity contribution in [2.24, 2.45) is 0 Å². The Bertz CT molecular complexity index is 672. The Balaban J connectivity index is 2.91. The molecule has 0 saturated heterocycles. The second kappa shape index (κ2) is 7.60. The zero-order valence-corrected chi connectivity index (χ0v) is 13.2. The maximum Gasteiger partial charge on any atom is 0.390 e. The van der Waals surface area contributed by atoms with Crippen LogP contribution in [0.25, 0.3) is 0 Å². The van der Waals surface area contributed by atoms with E-state index in [2.05, 4.69) is 11.3 Å². The number of sulfonamides is 1. The van der Waals surface area contributed by atoms with Crippen molar-refractivity contribution in [3.8, 4) is 0 Å². The van der Waals surface area contributed by atoms with E-state index in [1.165, 1.54) is 31.3 Å². The highest BCUT2D eigenvalue weighted by atomic mass is 32.2. The van der Waals surface area contributed by atoms with Crippen LogP contribution in [0, 0.1) is 0 Å². The summed E-state index contributed by atoms with van der Waals surface area (Å²) >= 11 is 0. The lowest BCUT2D eigenvalue weighted by molar-refractivity contribution is -0.136. The van der Waals surface area contributed by atoms with Gasteiger partial charge in [0.25, 0.3) is 5.91 Å². The molecule has 1 N–H and O–H groups in total. The minimum atomic E-state index is -4.37. The standard InChI is InChI=1S/C14H17F3N2O3S/c1-3-8-18-23(21,22)12-6-4-5-11(10-12)13(20)19(2)9-7-14(15,16)17/h3-6,10,18H,1,7-9H2,2H3. The van der Waals surface area contributed by atoms with Crippen molar-refractivity contribution in [2.75, 3.05) is 20.1 Å². The smallest absolute Gasteiger partial charge is 0.341 e. The molecule has 0 unspecified atom stereocenters. The number of carbonyl (C=O) groups excluding carboxylic acids is 1. The van der Waals surface area contributed by atoms with Gasteiger partial charge in [-0.15, -0.1) is 6.58 Å². The summed E-state index contributed by atoms with van der Waals surface area (Å²) in [6.45, 7) is 2.90. The second-order valence-electron chi connectivity index (χ2n) is 4.76. The maximum atomic E-state index is 12.2. The topological polar surface area (TPSA) is 66.5 Å². The third-order valence-electron chi connectivity index (χ3n) is 2.89. The third kappa shape index (κ3) is 6.03. The monoisotopic (exact) mass is 350 g/mol. The Kier molecular flexibility index (Phi) is 6.34. The molecular weight excluding hydrogens is 333 g/mol. The Morgan fingerprint density at radius 1 is 1.39 bits per heavy atom. The number of carbonyl (C=O) groups is 1. The molecule has 128 valence electrons. The number of halogens is 3. The number of amides is 1. The van der Waals surface area contributed by atoms with Crippen LogP contribution in [0.1, 0.15) is 16.8 Å². The summed E-state index contributed by atoms with van der Waals surface area (Å²) in [6.07, 6.45) is -4.14. The predicted octanol–water partition coefficient (Wildman–Crippen LogP) is 2.18. The Morgan fingerprint density at radius 3 is 2.61 bits per heavy atom. The largest absolute Gasteiger partial charge is 0.390 e. The van der Waals surface area contributed by atoms with Gasteiger partial charge in [-0.25, -0.2) is 13.1 Å². The lowest BCUT2D eigenvalue weighted by Gasteiger charge is -2.18. The summed E-state index contributed by atoms with van der Waals surface area (Å²) < 4.78 is 62.7. The highest BCUT2D eigenvalue weighted by molar-refractivity contribution is 7.89. The van der Waals surface area contributed by atoms with Gasteiger partial charge in [-0.05, 0) is 18.2 Å². The van der Waals surface area contributed by atoms with E-state index < -0.39 is 35.1 Å². The third-order valence-corrected chi connectivity index (χ3v) is 4.31. The molecule has 0 radical (unpaired) electrons. The number of hydrogen-bond donors (Lipinski definition) is 1. The first-order valence-electron chi connectivity index (χ1n) is 6.59. The zero-order chi connectivity index (χ0) is 17.7. The lowest BCUT2D eigenvalue weighted by atomic mass is 10.2. The lowest BCUT2D eigenvalue weighted by Crippen LogP contribution is -2.31. The number of nitrogens with one attached hydrogen (secondary N) is 1. The second-order valence-corrected chi connectivity index (χ2v) is 6.53. The van der Waals surface area contributed by atoms with Crippen LogP contribution in [0.15, 0.2) is 41.8 Å². The van der Waals surface area contributed by atoms with Gasteiger partial charge in [0.1, 0.15) is 0 Å². The van der Waals surface area contributed by atoms with Crippen molar-refractivity contribution in [1.29, 1.82) is 0 Å². The van der Waals surface area contributed by atoms with Crippen LogP contribution in [-0.2, 0) is 10.0 Å². The summed E-state index contributed by atoms with van der Waals surface area (Å²) in [5, 5.41) is 0. The summed E-state index contributed by atoms with van der Waals surface area (Å²) in [7, 11) is -2.58. The quantitative estimate of drug-likeness (QED) is 0.767. The van der Waals surface area contributed by atoms with Crippen molar-refractivity contribution >= 4 is 15.9 Å². The van der Waals surface area contributed by atoms with E-state index in [1.54, 1.807) is 0 Å². The molecule has 0 aliphatic carbocycles. The Hall–Kier alpha value is -1.87. The number of rotatable bonds is 7. The van der Waals surface area contributed by atoms with Gasteiger partial charge in [0.15, 0.2) is 0 Å². The average Bonchev–Trinajstić information content (AvgIpc) is 2.49. The molecule has 5 nitrogen and oxygen atoms in total. The molecule has 0 atom stereocenters. The molecule has 1 amide bonds. The van der Waals surface area contributed by atoms with Crippen molar-refractivity contribution < 1.29 is 26.4 Å². The van der Waals surface area contributed by atoms with Crippen LogP contribution < -0.4 is 4.72 Å². The molecule has 0 fully saturated rings. The fourth-order valence-corrected chi connectivity index (χ4v) is 2.71. The van der Waals surface area contributed by atoms with Crippen LogP contribution in [0.2, 0.25) is 0 Å². The molecule has 0 aliphatic rings. The van der Waals surface area contributed by atoms with E-state index >= 15 is 0 Å². The summed E-state index contributed by atoms with van der Waals surface area (Å²) in [4.78, 5) is 12.8. The molecule has 1 aromatic rings. The molecule has 0 saturated carbocycles.